The van der Waals surface area contributed by atoms with Crippen LogP contribution in [0.15, 0.2) is 47.0 Å². The molecule has 0 bridgehead atoms. The van der Waals surface area contributed by atoms with Gasteiger partial charge >= 0.3 is 0 Å². The van der Waals surface area contributed by atoms with Crippen molar-refractivity contribution in [3.05, 3.63) is 70.7 Å². The van der Waals surface area contributed by atoms with Crippen molar-refractivity contribution < 1.29 is 9.32 Å². The minimum absolute atomic E-state index is 0.134. The molecule has 7 heteroatoms. The molecule has 0 aliphatic rings. The fraction of sp³-hybridized carbons (Fsp3) is 0.217. The van der Waals surface area contributed by atoms with Gasteiger partial charge in [-0.25, -0.2) is 9.97 Å². The largest absolute Gasteiger partial charge is 0.356 e. The first-order valence-corrected chi connectivity index (χ1v) is 9.72. The molecule has 4 rings (SSSR count). The van der Waals surface area contributed by atoms with Gasteiger partial charge in [0, 0.05) is 28.1 Å². The molecule has 0 aliphatic heterocycles. The summed E-state index contributed by atoms with van der Waals surface area (Å²) in [5.74, 6) is 0.362. The van der Waals surface area contributed by atoms with Crippen molar-refractivity contribution in [1.29, 1.82) is 0 Å². The number of aromatic nitrogens is 3. The quantitative estimate of drug-likeness (QED) is 0.500. The van der Waals surface area contributed by atoms with Gasteiger partial charge in [-0.3, -0.25) is 4.79 Å². The third kappa shape index (κ3) is 4.30. The lowest BCUT2D eigenvalue weighted by Crippen LogP contribution is -2.15. The van der Waals surface area contributed by atoms with Crippen LogP contribution in [0.5, 0.6) is 0 Å². The zero-order chi connectivity index (χ0) is 21.3. The fourth-order valence-corrected chi connectivity index (χ4v) is 3.58. The number of aryl methyl sites for hydroxylation is 4. The minimum atomic E-state index is -0.162. The summed E-state index contributed by atoms with van der Waals surface area (Å²) in [6.45, 7) is 7.85. The molecule has 0 saturated heterocycles. The average molecular weight is 401 g/mol. The number of rotatable bonds is 5. The number of nitrogens with zero attached hydrogens (tertiary/aromatic N) is 3. The molecular formula is C23H23N5O2. The Bertz CT molecular complexity index is 1230. The Morgan fingerprint density at radius 1 is 0.967 bits per heavy atom. The molecule has 2 heterocycles. The summed E-state index contributed by atoms with van der Waals surface area (Å²) < 4.78 is 5.41. The molecule has 1 amide bonds. The molecule has 0 aliphatic carbocycles. The first-order valence-electron chi connectivity index (χ1n) is 9.72. The normalized spacial score (nSPS) is 10.9. The lowest BCUT2D eigenvalue weighted by atomic mass is 10.0. The van der Waals surface area contributed by atoms with E-state index in [0.717, 1.165) is 33.6 Å². The second-order valence-electron chi connectivity index (χ2n) is 7.49. The molecule has 0 saturated carbocycles. The van der Waals surface area contributed by atoms with Crippen molar-refractivity contribution in [2.75, 3.05) is 10.6 Å². The van der Waals surface area contributed by atoms with Crippen molar-refractivity contribution in [3.8, 4) is 0 Å². The maximum atomic E-state index is 12.6. The number of amides is 1. The molecule has 0 radical (unpaired) electrons. The summed E-state index contributed by atoms with van der Waals surface area (Å²) in [6.07, 6.45) is 0.134. The Morgan fingerprint density at radius 2 is 1.70 bits per heavy atom. The van der Waals surface area contributed by atoms with Gasteiger partial charge < -0.3 is 15.2 Å². The van der Waals surface area contributed by atoms with Gasteiger partial charge in [0.2, 0.25) is 11.9 Å². The van der Waals surface area contributed by atoms with Gasteiger partial charge in [0.1, 0.15) is 5.69 Å². The van der Waals surface area contributed by atoms with Crippen LogP contribution >= 0.6 is 0 Å². The Balaban J connectivity index is 1.48. The summed E-state index contributed by atoms with van der Waals surface area (Å²) in [7, 11) is 0. The first kappa shape index (κ1) is 19.6. The van der Waals surface area contributed by atoms with Crippen molar-refractivity contribution in [2.24, 2.45) is 0 Å². The highest BCUT2D eigenvalue weighted by atomic mass is 16.5. The molecule has 2 aromatic heterocycles. The van der Waals surface area contributed by atoms with Crippen LogP contribution in [-0.2, 0) is 11.2 Å². The molecule has 152 valence electrons. The summed E-state index contributed by atoms with van der Waals surface area (Å²) in [5, 5.41) is 11.1. The summed E-state index contributed by atoms with van der Waals surface area (Å²) >= 11 is 0. The highest BCUT2D eigenvalue weighted by Crippen LogP contribution is 2.25. The highest BCUT2D eigenvalue weighted by Gasteiger charge is 2.15. The molecule has 0 atom stereocenters. The lowest BCUT2D eigenvalue weighted by molar-refractivity contribution is -0.115. The molecule has 0 spiro atoms. The molecular weight excluding hydrogens is 378 g/mol. The van der Waals surface area contributed by atoms with Crippen LogP contribution in [0.4, 0.5) is 17.3 Å². The number of hydrogen-bond donors (Lipinski definition) is 2. The van der Waals surface area contributed by atoms with Crippen molar-refractivity contribution in [2.45, 2.75) is 34.1 Å². The molecule has 0 fully saturated rings. The third-order valence-electron chi connectivity index (χ3n) is 4.70. The van der Waals surface area contributed by atoms with Gasteiger partial charge in [0.25, 0.3) is 0 Å². The van der Waals surface area contributed by atoms with E-state index in [2.05, 4.69) is 31.8 Å². The molecule has 2 aromatic carbocycles. The third-order valence-corrected chi connectivity index (χ3v) is 4.70. The van der Waals surface area contributed by atoms with E-state index in [1.54, 1.807) is 0 Å². The van der Waals surface area contributed by atoms with Gasteiger partial charge in [-0.05, 0) is 69.2 Å². The monoisotopic (exact) mass is 401 g/mol. The topological polar surface area (TPSA) is 92.9 Å². The van der Waals surface area contributed by atoms with Gasteiger partial charge in [0.05, 0.1) is 6.42 Å². The lowest BCUT2D eigenvalue weighted by Gasteiger charge is -2.09. The van der Waals surface area contributed by atoms with Crippen molar-refractivity contribution in [1.82, 2.24) is 15.1 Å². The Labute approximate surface area is 174 Å². The van der Waals surface area contributed by atoms with Gasteiger partial charge in [-0.1, -0.05) is 17.3 Å². The number of hydrogen-bond acceptors (Lipinski definition) is 6. The molecule has 0 unspecified atom stereocenters. The van der Waals surface area contributed by atoms with E-state index in [1.807, 2.05) is 64.1 Å². The van der Waals surface area contributed by atoms with Crippen LogP contribution in [0.3, 0.4) is 0 Å². The summed E-state index contributed by atoms with van der Waals surface area (Å²) in [5.41, 5.74) is 6.73. The average Bonchev–Trinajstić information content (AvgIpc) is 3.03. The maximum Gasteiger partial charge on any atom is 0.230 e. The number of nitrogens with one attached hydrogen (secondary N) is 2. The second-order valence-corrected chi connectivity index (χ2v) is 7.49. The van der Waals surface area contributed by atoms with Crippen LogP contribution in [0.2, 0.25) is 0 Å². The highest BCUT2D eigenvalue weighted by molar-refractivity contribution is 5.95. The molecule has 2 N–H and O–H groups in total. The first-order chi connectivity index (χ1) is 14.4. The van der Waals surface area contributed by atoms with Crippen LogP contribution in [0, 0.1) is 27.7 Å². The standard InChI is InChI=1S/C23H23N5O2/c1-13-8-14(2)22-19(28-30-20(22)9-13)12-21(29)26-17-6-5-7-18(11-17)27-23-24-15(3)10-16(4)25-23/h5-11H,12H2,1-4H3,(H,26,29)(H,24,25,27). The Morgan fingerprint density at radius 3 is 2.47 bits per heavy atom. The number of fused-ring (bicyclic) bond motifs is 1. The number of benzene rings is 2. The number of carbonyl (C=O) groups excluding carboxylic acids is 1. The van der Waals surface area contributed by atoms with Gasteiger partial charge in [-0.15, -0.1) is 0 Å². The number of anilines is 3. The van der Waals surface area contributed by atoms with E-state index in [9.17, 15) is 4.79 Å². The Kier molecular flexibility index (Phi) is 5.18. The predicted octanol–water partition coefficient (Wildman–Crippen LogP) is 4.78. The molecule has 7 nitrogen and oxygen atoms in total. The summed E-state index contributed by atoms with van der Waals surface area (Å²) in [6, 6.07) is 13.3. The Hall–Kier alpha value is -3.74. The van der Waals surface area contributed by atoms with E-state index < -0.39 is 0 Å². The predicted molar refractivity (Wildman–Crippen MR) is 117 cm³/mol. The zero-order valence-electron chi connectivity index (χ0n) is 17.4. The van der Waals surface area contributed by atoms with Gasteiger partial charge in [0.15, 0.2) is 5.58 Å². The van der Waals surface area contributed by atoms with E-state index in [1.165, 1.54) is 0 Å². The summed E-state index contributed by atoms with van der Waals surface area (Å²) in [4.78, 5) is 21.4. The maximum absolute atomic E-state index is 12.6. The van der Waals surface area contributed by atoms with Gasteiger partial charge in [-0.2, -0.15) is 0 Å². The zero-order valence-corrected chi connectivity index (χ0v) is 17.4. The molecule has 4 aromatic rings. The second kappa shape index (κ2) is 7.94. The van der Waals surface area contributed by atoms with Crippen molar-refractivity contribution >= 4 is 34.2 Å². The van der Waals surface area contributed by atoms with Crippen LogP contribution in [-0.4, -0.2) is 21.0 Å². The van der Waals surface area contributed by atoms with Crippen LogP contribution in [0.25, 0.3) is 11.0 Å². The van der Waals surface area contributed by atoms with E-state index in [-0.39, 0.29) is 12.3 Å². The molecule has 30 heavy (non-hydrogen) atoms. The smallest absolute Gasteiger partial charge is 0.230 e. The van der Waals surface area contributed by atoms with Crippen molar-refractivity contribution in [3.63, 3.8) is 0 Å². The van der Waals surface area contributed by atoms with Crippen LogP contribution in [0.1, 0.15) is 28.2 Å². The van der Waals surface area contributed by atoms with E-state index >= 15 is 0 Å². The number of carbonyl (C=O) groups is 1. The SMILES string of the molecule is Cc1cc(C)c2c(CC(=O)Nc3cccc(Nc4nc(C)cc(C)n4)c3)noc2c1. The van der Waals surface area contributed by atoms with Crippen LogP contribution < -0.4 is 10.6 Å². The van der Waals surface area contributed by atoms with E-state index in [0.29, 0.717) is 22.9 Å². The fourth-order valence-electron chi connectivity index (χ4n) is 3.58. The minimum Gasteiger partial charge on any atom is -0.356 e. The van der Waals surface area contributed by atoms with E-state index in [4.69, 9.17) is 4.52 Å².